The number of hydrogen-bond acceptors (Lipinski definition) is 4. The summed E-state index contributed by atoms with van der Waals surface area (Å²) in [4.78, 5) is 28.8. The van der Waals surface area contributed by atoms with Gasteiger partial charge in [-0.15, -0.1) is 0 Å². The molecule has 0 saturated carbocycles. The van der Waals surface area contributed by atoms with Crippen LogP contribution >= 0.6 is 0 Å². The molecule has 7 nitrogen and oxygen atoms in total. The summed E-state index contributed by atoms with van der Waals surface area (Å²) >= 11 is 0. The van der Waals surface area contributed by atoms with Gasteiger partial charge in [0.05, 0.1) is 5.69 Å². The molecule has 3 N–H and O–H groups in total. The summed E-state index contributed by atoms with van der Waals surface area (Å²) in [6.07, 6.45) is 4.07. The molecule has 0 radical (unpaired) electrons. The van der Waals surface area contributed by atoms with Crippen LogP contribution in [0.3, 0.4) is 0 Å². The normalized spacial score (nSPS) is 13.2. The maximum atomic E-state index is 13.1. The van der Waals surface area contributed by atoms with Gasteiger partial charge in [0.1, 0.15) is 17.3 Å². The highest BCUT2D eigenvalue weighted by Gasteiger charge is 2.24. The van der Waals surface area contributed by atoms with Gasteiger partial charge in [-0.2, -0.15) is 0 Å². The Morgan fingerprint density at radius 2 is 1.90 bits per heavy atom. The van der Waals surface area contributed by atoms with Gasteiger partial charge in [-0.25, -0.2) is 4.98 Å². The molecule has 30 heavy (non-hydrogen) atoms. The Hall–Kier alpha value is -3.61. The number of imidazole rings is 1. The standard InChI is InChI=1S/C23H24N4O3/c24-20(28)15-30-18-11-7-10-17(14-18)25-23(29)21-19-12-5-2-6-13-27(19)22(26-21)16-8-3-1-4-9-16/h1,3-4,7-11,14H,2,5-6,12-13,15H2,(H2,24,28)(H,25,29). The van der Waals surface area contributed by atoms with Gasteiger partial charge in [-0.3, -0.25) is 9.59 Å². The third kappa shape index (κ3) is 4.35. The van der Waals surface area contributed by atoms with E-state index in [0.29, 0.717) is 17.1 Å². The highest BCUT2D eigenvalue weighted by Crippen LogP contribution is 2.28. The molecule has 0 spiro atoms. The lowest BCUT2D eigenvalue weighted by Crippen LogP contribution is -2.20. The van der Waals surface area contributed by atoms with E-state index in [1.165, 1.54) is 0 Å². The number of rotatable bonds is 6. The van der Waals surface area contributed by atoms with Gasteiger partial charge in [-0.1, -0.05) is 42.8 Å². The zero-order valence-electron chi connectivity index (χ0n) is 16.6. The lowest BCUT2D eigenvalue weighted by Gasteiger charge is -2.09. The topological polar surface area (TPSA) is 99.2 Å². The van der Waals surface area contributed by atoms with Crippen LogP contribution in [0.2, 0.25) is 0 Å². The summed E-state index contributed by atoms with van der Waals surface area (Å²) in [6, 6.07) is 16.8. The molecule has 4 rings (SSSR count). The first kappa shape index (κ1) is 19.7. The van der Waals surface area contributed by atoms with E-state index in [2.05, 4.69) is 9.88 Å². The summed E-state index contributed by atoms with van der Waals surface area (Å²) in [6.45, 7) is 0.642. The highest BCUT2D eigenvalue weighted by atomic mass is 16.5. The Balaban J connectivity index is 1.62. The molecule has 3 aromatic rings. The molecule has 0 saturated heterocycles. The van der Waals surface area contributed by atoms with Crippen LogP contribution in [-0.2, 0) is 17.8 Å². The van der Waals surface area contributed by atoms with Crippen LogP contribution in [0.25, 0.3) is 11.4 Å². The van der Waals surface area contributed by atoms with Crippen molar-refractivity contribution in [2.45, 2.75) is 32.2 Å². The number of ether oxygens (including phenoxy) is 1. The molecular formula is C23H24N4O3. The smallest absolute Gasteiger partial charge is 0.276 e. The minimum Gasteiger partial charge on any atom is -0.484 e. The Morgan fingerprint density at radius 3 is 2.70 bits per heavy atom. The fourth-order valence-corrected chi connectivity index (χ4v) is 3.72. The minimum atomic E-state index is -0.557. The fourth-order valence-electron chi connectivity index (χ4n) is 3.72. The van der Waals surface area contributed by atoms with Gasteiger partial charge >= 0.3 is 0 Å². The second-order valence-corrected chi connectivity index (χ2v) is 7.30. The van der Waals surface area contributed by atoms with E-state index < -0.39 is 5.91 Å². The first-order chi connectivity index (χ1) is 14.6. The number of carbonyl (C=O) groups excluding carboxylic acids is 2. The number of anilines is 1. The molecule has 0 unspecified atom stereocenters. The Bertz CT molecular complexity index is 1060. The van der Waals surface area contributed by atoms with Crippen molar-refractivity contribution in [2.75, 3.05) is 11.9 Å². The van der Waals surface area contributed by atoms with Crippen molar-refractivity contribution in [1.29, 1.82) is 0 Å². The van der Waals surface area contributed by atoms with Crippen molar-refractivity contribution in [3.63, 3.8) is 0 Å². The monoisotopic (exact) mass is 404 g/mol. The van der Waals surface area contributed by atoms with Crippen molar-refractivity contribution < 1.29 is 14.3 Å². The molecule has 1 aliphatic heterocycles. The van der Waals surface area contributed by atoms with Crippen LogP contribution in [0.1, 0.15) is 35.4 Å². The van der Waals surface area contributed by atoms with Crippen molar-refractivity contribution in [3.05, 3.63) is 66.0 Å². The Kier molecular flexibility index (Phi) is 5.79. The fraction of sp³-hybridized carbons (Fsp3) is 0.261. The number of nitrogens with one attached hydrogen (secondary N) is 1. The zero-order chi connectivity index (χ0) is 20.9. The van der Waals surface area contributed by atoms with Crippen LogP contribution in [-0.4, -0.2) is 28.0 Å². The van der Waals surface area contributed by atoms with Gasteiger partial charge in [0.25, 0.3) is 11.8 Å². The largest absolute Gasteiger partial charge is 0.484 e. The number of primary amides is 1. The van der Waals surface area contributed by atoms with Gasteiger partial charge in [0.15, 0.2) is 6.61 Å². The van der Waals surface area contributed by atoms with Crippen LogP contribution < -0.4 is 15.8 Å². The Morgan fingerprint density at radius 1 is 1.07 bits per heavy atom. The average molecular weight is 404 g/mol. The molecule has 0 bridgehead atoms. The van der Waals surface area contributed by atoms with Crippen LogP contribution in [0.4, 0.5) is 5.69 Å². The molecule has 0 atom stereocenters. The number of fused-ring (bicyclic) bond motifs is 1. The van der Waals surface area contributed by atoms with E-state index in [-0.39, 0.29) is 12.5 Å². The summed E-state index contributed by atoms with van der Waals surface area (Å²) < 4.78 is 7.50. The molecule has 2 aromatic carbocycles. The molecule has 2 heterocycles. The number of aromatic nitrogens is 2. The number of nitrogens with two attached hydrogens (primary N) is 1. The van der Waals surface area contributed by atoms with Gasteiger partial charge in [0, 0.05) is 23.9 Å². The molecule has 154 valence electrons. The van der Waals surface area contributed by atoms with Gasteiger partial charge in [0.2, 0.25) is 0 Å². The quantitative estimate of drug-likeness (QED) is 0.658. The molecule has 7 heteroatoms. The van der Waals surface area contributed by atoms with Crippen LogP contribution in [0.15, 0.2) is 54.6 Å². The maximum absolute atomic E-state index is 13.1. The highest BCUT2D eigenvalue weighted by molar-refractivity contribution is 6.04. The zero-order valence-corrected chi connectivity index (χ0v) is 16.6. The molecule has 0 fully saturated rings. The second-order valence-electron chi connectivity index (χ2n) is 7.30. The van der Waals surface area contributed by atoms with E-state index in [1.54, 1.807) is 24.3 Å². The maximum Gasteiger partial charge on any atom is 0.276 e. The minimum absolute atomic E-state index is 0.216. The number of hydrogen-bond donors (Lipinski definition) is 2. The van der Waals surface area contributed by atoms with Crippen molar-refractivity contribution in [3.8, 4) is 17.1 Å². The molecule has 1 aromatic heterocycles. The average Bonchev–Trinajstić information content (AvgIpc) is 2.94. The van der Waals surface area contributed by atoms with Gasteiger partial charge in [-0.05, 0) is 31.4 Å². The lowest BCUT2D eigenvalue weighted by molar-refractivity contribution is -0.119. The van der Waals surface area contributed by atoms with Crippen molar-refractivity contribution >= 4 is 17.5 Å². The number of nitrogens with zero attached hydrogens (tertiary/aromatic N) is 2. The summed E-state index contributed by atoms with van der Waals surface area (Å²) in [5.41, 5.74) is 8.12. The molecule has 2 amide bonds. The molecular weight excluding hydrogens is 380 g/mol. The van der Waals surface area contributed by atoms with E-state index >= 15 is 0 Å². The third-order valence-corrected chi connectivity index (χ3v) is 5.09. The number of carbonyl (C=O) groups is 2. The summed E-state index contributed by atoms with van der Waals surface area (Å²) in [5, 5.41) is 2.91. The first-order valence-corrected chi connectivity index (χ1v) is 10.1. The molecule has 1 aliphatic rings. The van der Waals surface area contributed by atoms with Crippen molar-refractivity contribution in [1.82, 2.24) is 9.55 Å². The van der Waals surface area contributed by atoms with E-state index in [1.807, 2.05) is 30.3 Å². The lowest BCUT2D eigenvalue weighted by atomic mass is 10.1. The van der Waals surface area contributed by atoms with E-state index in [4.69, 9.17) is 15.5 Å². The Labute approximate surface area is 174 Å². The number of amides is 2. The SMILES string of the molecule is NC(=O)COc1cccc(NC(=O)c2nc(-c3ccccc3)n3c2CCCCC3)c1. The summed E-state index contributed by atoms with van der Waals surface area (Å²) in [7, 11) is 0. The van der Waals surface area contributed by atoms with Crippen LogP contribution in [0, 0.1) is 0 Å². The van der Waals surface area contributed by atoms with Crippen molar-refractivity contribution in [2.24, 2.45) is 5.73 Å². The predicted octanol–water partition coefficient (Wildman–Crippen LogP) is 3.39. The second kappa shape index (κ2) is 8.82. The molecule has 0 aliphatic carbocycles. The van der Waals surface area contributed by atoms with E-state index in [0.717, 1.165) is 49.3 Å². The first-order valence-electron chi connectivity index (χ1n) is 10.1. The third-order valence-electron chi connectivity index (χ3n) is 5.09. The van der Waals surface area contributed by atoms with E-state index in [9.17, 15) is 9.59 Å². The number of benzene rings is 2. The predicted molar refractivity (Wildman–Crippen MR) is 114 cm³/mol. The van der Waals surface area contributed by atoms with Gasteiger partial charge < -0.3 is 20.4 Å². The van der Waals surface area contributed by atoms with Crippen LogP contribution in [0.5, 0.6) is 5.75 Å². The summed E-state index contributed by atoms with van der Waals surface area (Å²) in [5.74, 6) is 0.477.